The lowest BCUT2D eigenvalue weighted by Crippen LogP contribution is -2.30. The Morgan fingerprint density at radius 2 is 0.506 bits per heavy atom. The molecule has 1 atom stereocenters. The van der Waals surface area contributed by atoms with Gasteiger partial charge in [-0.15, -0.1) is 0 Å². The highest BCUT2D eigenvalue weighted by atomic mass is 16.6. The fraction of sp³-hybridized carbons (Fsp3) is 0.732. The maximum atomic E-state index is 12.9. The first kappa shape index (κ1) is 73.3. The predicted molar refractivity (Wildman–Crippen MR) is 334 cm³/mol. The first-order valence-electron chi connectivity index (χ1n) is 32.7. The molecule has 0 aromatic carbocycles. The monoisotopic (exact) mass is 1070 g/mol. The van der Waals surface area contributed by atoms with Gasteiger partial charge in [0.15, 0.2) is 6.10 Å². The zero-order valence-corrected chi connectivity index (χ0v) is 50.7. The number of ether oxygens (including phenoxy) is 3. The molecule has 0 fully saturated rings. The van der Waals surface area contributed by atoms with Gasteiger partial charge < -0.3 is 14.2 Å². The number of carbonyl (C=O) groups excluding carboxylic acids is 3. The van der Waals surface area contributed by atoms with Gasteiger partial charge in [0.1, 0.15) is 13.2 Å². The Hall–Kier alpha value is -3.67. The average Bonchev–Trinajstić information content (AvgIpc) is 3.43. The van der Waals surface area contributed by atoms with Crippen LogP contribution in [0.3, 0.4) is 0 Å². The van der Waals surface area contributed by atoms with E-state index < -0.39 is 6.10 Å². The van der Waals surface area contributed by atoms with E-state index in [0.29, 0.717) is 19.3 Å². The third-order valence-corrected chi connectivity index (χ3v) is 14.1. The molecule has 6 nitrogen and oxygen atoms in total. The predicted octanol–water partition coefficient (Wildman–Crippen LogP) is 22.4. The van der Waals surface area contributed by atoms with E-state index in [1.807, 2.05) is 0 Å². The minimum absolute atomic E-state index is 0.0777. The number of unbranched alkanes of at least 4 members (excludes halogenated alkanes) is 32. The Labute approximate surface area is 477 Å². The smallest absolute Gasteiger partial charge is 0.306 e. The Bertz CT molecular complexity index is 1510. The molecule has 0 aromatic rings. The molecule has 0 N–H and O–H groups in total. The highest BCUT2D eigenvalue weighted by molar-refractivity contribution is 5.71. The summed E-state index contributed by atoms with van der Waals surface area (Å²) in [6.07, 6.45) is 87.1. The summed E-state index contributed by atoms with van der Waals surface area (Å²) in [5, 5.41) is 0. The summed E-state index contributed by atoms with van der Waals surface area (Å²) in [5.41, 5.74) is 0. The molecule has 0 radical (unpaired) electrons. The van der Waals surface area contributed by atoms with Crippen LogP contribution in [0.1, 0.15) is 316 Å². The molecule has 0 saturated carbocycles. The topological polar surface area (TPSA) is 78.9 Å². The second kappa shape index (κ2) is 64.9. The van der Waals surface area contributed by atoms with Gasteiger partial charge in [0, 0.05) is 19.3 Å². The van der Waals surface area contributed by atoms with Crippen molar-refractivity contribution < 1.29 is 28.6 Å². The molecular formula is C71H122O6. The molecule has 0 aliphatic heterocycles. The van der Waals surface area contributed by atoms with E-state index in [1.54, 1.807) is 0 Å². The molecule has 6 heteroatoms. The number of hydrogen-bond acceptors (Lipinski definition) is 6. The molecule has 0 amide bonds. The summed E-state index contributed by atoms with van der Waals surface area (Å²) in [7, 11) is 0. The van der Waals surface area contributed by atoms with Crippen LogP contribution in [0.15, 0.2) is 97.2 Å². The lowest BCUT2D eigenvalue weighted by Gasteiger charge is -2.18. The van der Waals surface area contributed by atoms with Crippen molar-refractivity contribution in [1.29, 1.82) is 0 Å². The van der Waals surface area contributed by atoms with E-state index in [9.17, 15) is 14.4 Å². The van der Waals surface area contributed by atoms with E-state index in [4.69, 9.17) is 14.2 Å². The Morgan fingerprint density at radius 1 is 0.273 bits per heavy atom. The van der Waals surface area contributed by atoms with E-state index >= 15 is 0 Å². The van der Waals surface area contributed by atoms with Crippen LogP contribution in [0.2, 0.25) is 0 Å². The lowest BCUT2D eigenvalue weighted by atomic mass is 10.0. The summed E-state index contributed by atoms with van der Waals surface area (Å²) < 4.78 is 16.9. The van der Waals surface area contributed by atoms with Crippen molar-refractivity contribution in [3.8, 4) is 0 Å². The zero-order chi connectivity index (χ0) is 55.7. The van der Waals surface area contributed by atoms with Crippen LogP contribution in [0, 0.1) is 0 Å². The van der Waals surface area contributed by atoms with Crippen molar-refractivity contribution in [1.82, 2.24) is 0 Å². The van der Waals surface area contributed by atoms with Crippen molar-refractivity contribution in [3.05, 3.63) is 97.2 Å². The number of hydrogen-bond donors (Lipinski definition) is 0. The lowest BCUT2D eigenvalue weighted by molar-refractivity contribution is -0.167. The Kier molecular flexibility index (Phi) is 61.8. The van der Waals surface area contributed by atoms with Gasteiger partial charge in [0.25, 0.3) is 0 Å². The number of rotatable bonds is 59. The molecule has 0 bridgehead atoms. The minimum Gasteiger partial charge on any atom is -0.462 e. The van der Waals surface area contributed by atoms with Crippen LogP contribution < -0.4 is 0 Å². The standard InChI is InChI=1S/C71H122O6/c1-4-7-10-13-16-19-22-24-26-28-30-31-32-33-34-35-36-37-38-39-40-41-42-44-45-47-49-52-55-58-61-64-70(73)76-67-68(66-75-69(72)63-60-57-54-51-21-18-15-12-9-6-3)77-71(74)65-62-59-56-53-50-48-46-43-29-27-25-23-20-17-14-11-8-5-2/h7,10,16,19-20,23-24,26-27,29-31,33-34,36-37,68H,4-6,8-9,11-15,17-18,21-22,25,28,32,35,38-67H2,1-3H3/b10-7-,19-16-,23-20-,26-24-,29-27-,31-30-,34-33-,37-36-. The fourth-order valence-electron chi connectivity index (χ4n) is 9.18. The number of carbonyl (C=O) groups is 3. The van der Waals surface area contributed by atoms with Gasteiger partial charge in [-0.05, 0) is 103 Å². The first-order chi connectivity index (χ1) is 38.0. The van der Waals surface area contributed by atoms with Crippen molar-refractivity contribution in [2.75, 3.05) is 13.2 Å². The third-order valence-electron chi connectivity index (χ3n) is 14.1. The van der Waals surface area contributed by atoms with Crippen LogP contribution >= 0.6 is 0 Å². The maximum Gasteiger partial charge on any atom is 0.306 e. The normalized spacial score (nSPS) is 12.7. The molecule has 442 valence electrons. The molecule has 0 aliphatic rings. The molecule has 0 spiro atoms. The van der Waals surface area contributed by atoms with Gasteiger partial charge in [0.2, 0.25) is 0 Å². The Morgan fingerprint density at radius 3 is 0.805 bits per heavy atom. The van der Waals surface area contributed by atoms with E-state index in [-0.39, 0.29) is 31.1 Å². The molecule has 0 rings (SSSR count). The Balaban J connectivity index is 4.19. The van der Waals surface area contributed by atoms with Crippen molar-refractivity contribution in [2.24, 2.45) is 0 Å². The second-order valence-electron chi connectivity index (χ2n) is 21.6. The molecule has 0 heterocycles. The molecule has 1 unspecified atom stereocenters. The highest BCUT2D eigenvalue weighted by Gasteiger charge is 2.19. The summed E-state index contributed by atoms with van der Waals surface area (Å²) in [5.74, 6) is -0.878. The van der Waals surface area contributed by atoms with Gasteiger partial charge in [0.05, 0.1) is 0 Å². The van der Waals surface area contributed by atoms with Crippen LogP contribution in [-0.4, -0.2) is 37.2 Å². The average molecular weight is 1070 g/mol. The van der Waals surface area contributed by atoms with Crippen molar-refractivity contribution in [2.45, 2.75) is 322 Å². The molecule has 0 aliphatic carbocycles. The van der Waals surface area contributed by atoms with Crippen molar-refractivity contribution in [3.63, 3.8) is 0 Å². The summed E-state index contributed by atoms with van der Waals surface area (Å²) in [6, 6.07) is 0. The van der Waals surface area contributed by atoms with Crippen LogP contribution in [0.5, 0.6) is 0 Å². The van der Waals surface area contributed by atoms with E-state index in [1.165, 1.54) is 167 Å². The zero-order valence-electron chi connectivity index (χ0n) is 50.7. The quantitative estimate of drug-likeness (QED) is 0.0261. The maximum absolute atomic E-state index is 12.9. The number of esters is 3. The van der Waals surface area contributed by atoms with Gasteiger partial charge in [-0.3, -0.25) is 14.4 Å². The molecule has 77 heavy (non-hydrogen) atoms. The van der Waals surface area contributed by atoms with Gasteiger partial charge in [-0.1, -0.05) is 291 Å². The first-order valence-corrected chi connectivity index (χ1v) is 32.7. The van der Waals surface area contributed by atoms with Crippen LogP contribution in [0.4, 0.5) is 0 Å². The van der Waals surface area contributed by atoms with E-state index in [2.05, 4.69) is 118 Å². The fourth-order valence-corrected chi connectivity index (χ4v) is 9.18. The third kappa shape index (κ3) is 63.0. The summed E-state index contributed by atoms with van der Waals surface area (Å²) >= 11 is 0. The van der Waals surface area contributed by atoms with Crippen LogP contribution in [0.25, 0.3) is 0 Å². The molecular weight excluding hydrogens is 949 g/mol. The van der Waals surface area contributed by atoms with Gasteiger partial charge in [-0.25, -0.2) is 0 Å². The number of allylic oxidation sites excluding steroid dienone is 16. The van der Waals surface area contributed by atoms with Gasteiger partial charge >= 0.3 is 17.9 Å². The molecule has 0 saturated heterocycles. The SMILES string of the molecule is CC/C=C\C/C=C\C/C=C\C/C=C\C/C=C\C/C=C\CCCCCCCCCCCCCCC(=O)OCC(COC(=O)CCCCCCCCCCCC)OC(=O)CCCCCCCCC/C=C\C/C=C\CCCCCC. The summed E-state index contributed by atoms with van der Waals surface area (Å²) in [6.45, 7) is 6.51. The molecule has 0 aromatic heterocycles. The van der Waals surface area contributed by atoms with Gasteiger partial charge in [-0.2, -0.15) is 0 Å². The largest absolute Gasteiger partial charge is 0.462 e. The van der Waals surface area contributed by atoms with Crippen LogP contribution in [-0.2, 0) is 28.6 Å². The van der Waals surface area contributed by atoms with Crippen molar-refractivity contribution >= 4 is 17.9 Å². The highest BCUT2D eigenvalue weighted by Crippen LogP contribution is 2.16. The van der Waals surface area contributed by atoms with E-state index in [0.717, 1.165) is 109 Å². The summed E-state index contributed by atoms with van der Waals surface area (Å²) in [4.78, 5) is 38.2. The minimum atomic E-state index is -0.780. The second-order valence-corrected chi connectivity index (χ2v) is 21.6.